The van der Waals surface area contributed by atoms with Gasteiger partial charge in [0.25, 0.3) is 0 Å². The average molecular weight is 273 g/mol. The van der Waals surface area contributed by atoms with E-state index < -0.39 is 0 Å². The summed E-state index contributed by atoms with van der Waals surface area (Å²) in [7, 11) is 0. The van der Waals surface area contributed by atoms with Crippen LogP contribution < -0.4 is 5.73 Å². The summed E-state index contributed by atoms with van der Waals surface area (Å²) in [6, 6.07) is 16.9. The predicted molar refractivity (Wildman–Crippen MR) is 81.5 cm³/mol. The second-order valence-electron chi connectivity index (χ2n) is 4.43. The quantitative estimate of drug-likeness (QED) is 0.669. The molecule has 1 unspecified atom stereocenters. The number of thioether (sulfide) groups is 2. The summed E-state index contributed by atoms with van der Waals surface area (Å²) in [5, 5.41) is 0. The van der Waals surface area contributed by atoms with E-state index in [1.54, 1.807) is 0 Å². The molecule has 0 aromatic heterocycles. The predicted octanol–water partition coefficient (Wildman–Crippen LogP) is 4.25. The minimum atomic E-state index is 0.664. The molecule has 0 amide bonds. The van der Waals surface area contributed by atoms with Gasteiger partial charge >= 0.3 is 0 Å². The summed E-state index contributed by atoms with van der Waals surface area (Å²) >= 11 is 3.88. The standard InChI is InChI=1S/C15H15NS2/c16-12-4-3-5-13(8-12)17-9-11-10-18-15-7-2-1-6-14(11)15/h1-8,11H,9-10,16H2. The van der Waals surface area contributed by atoms with Crippen molar-refractivity contribution in [2.45, 2.75) is 15.7 Å². The monoisotopic (exact) mass is 273 g/mol. The van der Waals surface area contributed by atoms with Gasteiger partial charge < -0.3 is 5.73 Å². The third-order valence-electron chi connectivity index (χ3n) is 3.11. The lowest BCUT2D eigenvalue weighted by Crippen LogP contribution is -2.00. The van der Waals surface area contributed by atoms with E-state index in [0.29, 0.717) is 5.92 Å². The number of rotatable bonds is 3. The fraction of sp³-hybridized carbons (Fsp3) is 0.200. The minimum absolute atomic E-state index is 0.664. The maximum atomic E-state index is 5.80. The Morgan fingerprint density at radius 2 is 2.06 bits per heavy atom. The Bertz CT molecular complexity index is 554. The summed E-state index contributed by atoms with van der Waals surface area (Å²) < 4.78 is 0. The molecule has 2 aromatic carbocycles. The van der Waals surface area contributed by atoms with Crippen molar-refractivity contribution in [2.24, 2.45) is 0 Å². The first-order valence-electron chi connectivity index (χ1n) is 6.03. The van der Waals surface area contributed by atoms with E-state index >= 15 is 0 Å². The van der Waals surface area contributed by atoms with E-state index in [1.807, 2.05) is 35.7 Å². The van der Waals surface area contributed by atoms with Crippen LogP contribution in [0.5, 0.6) is 0 Å². The fourth-order valence-electron chi connectivity index (χ4n) is 2.17. The highest BCUT2D eigenvalue weighted by molar-refractivity contribution is 8.00. The number of hydrogen-bond acceptors (Lipinski definition) is 3. The van der Waals surface area contributed by atoms with Gasteiger partial charge in [-0.25, -0.2) is 0 Å². The first kappa shape index (κ1) is 12.0. The van der Waals surface area contributed by atoms with Gasteiger partial charge in [0.05, 0.1) is 0 Å². The molecule has 2 aromatic rings. The van der Waals surface area contributed by atoms with Crippen molar-refractivity contribution in [3.05, 3.63) is 54.1 Å². The smallest absolute Gasteiger partial charge is 0.0325 e. The van der Waals surface area contributed by atoms with Crippen LogP contribution in [0, 0.1) is 0 Å². The lowest BCUT2D eigenvalue weighted by atomic mass is 10.0. The summed E-state index contributed by atoms with van der Waals surface area (Å²) in [5.41, 5.74) is 8.16. The normalized spacial score (nSPS) is 17.7. The zero-order valence-electron chi connectivity index (χ0n) is 10.0. The zero-order valence-corrected chi connectivity index (χ0v) is 11.6. The Hall–Kier alpha value is -1.06. The van der Waals surface area contributed by atoms with E-state index in [9.17, 15) is 0 Å². The molecule has 18 heavy (non-hydrogen) atoms. The summed E-state index contributed by atoms with van der Waals surface area (Å²) in [6.07, 6.45) is 0. The molecule has 0 saturated heterocycles. The highest BCUT2D eigenvalue weighted by Crippen LogP contribution is 2.41. The molecule has 1 aliphatic rings. The largest absolute Gasteiger partial charge is 0.399 e. The number of anilines is 1. The number of benzene rings is 2. The molecular formula is C15H15NS2. The molecule has 1 aliphatic heterocycles. The summed E-state index contributed by atoms with van der Waals surface area (Å²) in [5.74, 6) is 3.00. The van der Waals surface area contributed by atoms with Gasteiger partial charge in [-0.3, -0.25) is 0 Å². The molecule has 1 nitrogen and oxygen atoms in total. The van der Waals surface area contributed by atoms with Gasteiger partial charge in [0.2, 0.25) is 0 Å². The molecule has 0 aliphatic carbocycles. The van der Waals surface area contributed by atoms with Crippen molar-refractivity contribution in [3.63, 3.8) is 0 Å². The Morgan fingerprint density at radius 1 is 1.17 bits per heavy atom. The summed E-state index contributed by atoms with van der Waals surface area (Å²) in [4.78, 5) is 2.72. The Balaban J connectivity index is 1.69. The van der Waals surface area contributed by atoms with Crippen molar-refractivity contribution >= 4 is 29.2 Å². The third-order valence-corrected chi connectivity index (χ3v) is 5.52. The fourth-order valence-corrected chi connectivity index (χ4v) is 4.66. The Morgan fingerprint density at radius 3 is 2.94 bits per heavy atom. The Kier molecular flexibility index (Phi) is 3.52. The van der Waals surface area contributed by atoms with Gasteiger partial charge in [-0.15, -0.1) is 23.5 Å². The van der Waals surface area contributed by atoms with Crippen LogP contribution in [0.25, 0.3) is 0 Å². The highest BCUT2D eigenvalue weighted by atomic mass is 32.2. The second kappa shape index (κ2) is 5.29. The van der Waals surface area contributed by atoms with E-state index in [2.05, 4.69) is 36.4 Å². The van der Waals surface area contributed by atoms with Crippen molar-refractivity contribution in [1.82, 2.24) is 0 Å². The van der Waals surface area contributed by atoms with Gasteiger partial charge in [0.15, 0.2) is 0 Å². The third kappa shape index (κ3) is 2.52. The lowest BCUT2D eigenvalue weighted by molar-refractivity contribution is 0.896. The summed E-state index contributed by atoms with van der Waals surface area (Å²) in [6.45, 7) is 0. The van der Waals surface area contributed by atoms with Crippen LogP contribution in [-0.2, 0) is 0 Å². The first-order chi connectivity index (χ1) is 8.83. The molecule has 1 atom stereocenters. The van der Waals surface area contributed by atoms with E-state index in [0.717, 1.165) is 11.4 Å². The van der Waals surface area contributed by atoms with Gasteiger partial charge in [0.1, 0.15) is 0 Å². The van der Waals surface area contributed by atoms with Gasteiger partial charge in [-0.2, -0.15) is 0 Å². The number of fused-ring (bicyclic) bond motifs is 1. The molecule has 1 heterocycles. The SMILES string of the molecule is Nc1cccc(SCC2CSc3ccccc32)c1. The van der Waals surface area contributed by atoms with Crippen LogP contribution in [0.15, 0.2) is 58.3 Å². The Labute approximate surface area is 116 Å². The van der Waals surface area contributed by atoms with Crippen LogP contribution in [0.4, 0.5) is 5.69 Å². The minimum Gasteiger partial charge on any atom is -0.399 e. The average Bonchev–Trinajstić information content (AvgIpc) is 2.80. The van der Waals surface area contributed by atoms with Crippen molar-refractivity contribution < 1.29 is 0 Å². The molecule has 3 rings (SSSR count). The van der Waals surface area contributed by atoms with Crippen molar-refractivity contribution in [2.75, 3.05) is 17.2 Å². The molecule has 0 fully saturated rings. The van der Waals surface area contributed by atoms with Crippen LogP contribution in [0.2, 0.25) is 0 Å². The van der Waals surface area contributed by atoms with Crippen LogP contribution in [0.1, 0.15) is 11.5 Å². The van der Waals surface area contributed by atoms with E-state index in [-0.39, 0.29) is 0 Å². The van der Waals surface area contributed by atoms with Gasteiger partial charge in [-0.05, 0) is 29.8 Å². The molecule has 92 valence electrons. The van der Waals surface area contributed by atoms with Crippen molar-refractivity contribution in [1.29, 1.82) is 0 Å². The second-order valence-corrected chi connectivity index (χ2v) is 6.58. The van der Waals surface area contributed by atoms with E-state index in [1.165, 1.54) is 21.1 Å². The zero-order chi connectivity index (χ0) is 12.4. The number of hydrogen-bond donors (Lipinski definition) is 1. The number of nitrogens with two attached hydrogens (primary N) is 1. The first-order valence-corrected chi connectivity index (χ1v) is 8.00. The molecule has 2 N–H and O–H groups in total. The topological polar surface area (TPSA) is 26.0 Å². The van der Waals surface area contributed by atoms with Crippen molar-refractivity contribution in [3.8, 4) is 0 Å². The number of nitrogen functional groups attached to an aromatic ring is 1. The molecule has 0 spiro atoms. The molecular weight excluding hydrogens is 258 g/mol. The molecule has 0 saturated carbocycles. The van der Waals surface area contributed by atoms with Crippen LogP contribution >= 0.6 is 23.5 Å². The van der Waals surface area contributed by atoms with Gasteiger partial charge in [-0.1, -0.05) is 24.3 Å². The van der Waals surface area contributed by atoms with Crippen LogP contribution in [0.3, 0.4) is 0 Å². The highest BCUT2D eigenvalue weighted by Gasteiger charge is 2.22. The molecule has 3 heteroatoms. The molecule has 0 bridgehead atoms. The maximum Gasteiger partial charge on any atom is 0.0325 e. The molecule has 0 radical (unpaired) electrons. The lowest BCUT2D eigenvalue weighted by Gasteiger charge is -2.10. The van der Waals surface area contributed by atoms with Crippen LogP contribution in [-0.4, -0.2) is 11.5 Å². The van der Waals surface area contributed by atoms with Gasteiger partial charge in [0, 0.05) is 32.9 Å². The van der Waals surface area contributed by atoms with E-state index in [4.69, 9.17) is 5.73 Å². The maximum absolute atomic E-state index is 5.80.